The molecule has 0 fully saturated rings. The van der Waals surface area contributed by atoms with Crippen LogP contribution in [0, 0.1) is 5.41 Å². The Morgan fingerprint density at radius 2 is 1.77 bits per heavy atom. The number of ether oxygens (including phenoxy) is 2. The lowest BCUT2D eigenvalue weighted by Gasteiger charge is -2.22. The van der Waals surface area contributed by atoms with Crippen molar-refractivity contribution in [1.29, 1.82) is 0 Å². The molecular weight excluding hydrogens is 354 g/mol. The molecule has 2 atom stereocenters. The van der Waals surface area contributed by atoms with E-state index in [1.807, 2.05) is 27.7 Å². The molecule has 0 aliphatic rings. The monoisotopic (exact) mass is 389 g/mol. The zero-order valence-corrected chi connectivity index (χ0v) is 17.7. The van der Waals surface area contributed by atoms with Crippen LogP contribution in [0.25, 0.3) is 0 Å². The van der Waals surface area contributed by atoms with Gasteiger partial charge in [-0.1, -0.05) is 41.0 Å². The SMILES string of the molecule is CCCCC(=O)O[C@H](COC(=O)CC)CSCCC(N)C(=O)C(C)(C)C. The maximum absolute atomic E-state index is 12.1. The van der Waals surface area contributed by atoms with Crippen LogP contribution in [0.3, 0.4) is 0 Å². The van der Waals surface area contributed by atoms with Gasteiger partial charge in [0.1, 0.15) is 12.7 Å². The summed E-state index contributed by atoms with van der Waals surface area (Å²) >= 11 is 1.54. The van der Waals surface area contributed by atoms with E-state index < -0.39 is 17.6 Å². The molecule has 0 saturated heterocycles. The fourth-order valence-corrected chi connectivity index (χ4v) is 3.10. The molecule has 152 valence electrons. The summed E-state index contributed by atoms with van der Waals surface area (Å²) in [6.45, 7) is 9.35. The second-order valence-electron chi connectivity index (χ2n) is 7.34. The predicted molar refractivity (Wildman–Crippen MR) is 105 cm³/mol. The minimum atomic E-state index is -0.494. The third kappa shape index (κ3) is 11.5. The maximum Gasteiger partial charge on any atom is 0.306 e. The van der Waals surface area contributed by atoms with Gasteiger partial charge in [0.05, 0.1) is 6.04 Å². The van der Waals surface area contributed by atoms with Gasteiger partial charge in [0.2, 0.25) is 0 Å². The molecule has 0 saturated carbocycles. The standard InChI is InChI=1S/C19H35NO5S/c1-6-8-9-17(22)25-14(12-24-16(21)7-2)13-26-11-10-15(20)18(23)19(3,4)5/h14-15H,6-13,20H2,1-5H3/t14-,15?/m1/s1. The van der Waals surface area contributed by atoms with E-state index in [0.717, 1.165) is 12.8 Å². The molecule has 0 heterocycles. The van der Waals surface area contributed by atoms with Gasteiger partial charge in [-0.05, 0) is 18.6 Å². The summed E-state index contributed by atoms with van der Waals surface area (Å²) in [5.41, 5.74) is 5.51. The molecule has 0 bridgehead atoms. The smallest absolute Gasteiger partial charge is 0.306 e. The zero-order chi connectivity index (χ0) is 20.2. The van der Waals surface area contributed by atoms with Crippen molar-refractivity contribution in [3.05, 3.63) is 0 Å². The van der Waals surface area contributed by atoms with Gasteiger partial charge in [0.15, 0.2) is 5.78 Å². The van der Waals surface area contributed by atoms with Crippen molar-refractivity contribution in [1.82, 2.24) is 0 Å². The second kappa shape index (κ2) is 13.1. The number of esters is 2. The van der Waals surface area contributed by atoms with Gasteiger partial charge in [0, 0.05) is 24.0 Å². The number of unbranched alkanes of at least 4 members (excludes halogenated alkanes) is 1. The van der Waals surface area contributed by atoms with Crippen LogP contribution in [0.5, 0.6) is 0 Å². The van der Waals surface area contributed by atoms with E-state index in [0.29, 0.717) is 24.3 Å². The summed E-state index contributed by atoms with van der Waals surface area (Å²) < 4.78 is 10.5. The van der Waals surface area contributed by atoms with Crippen molar-refractivity contribution in [2.45, 2.75) is 78.9 Å². The number of nitrogens with two attached hydrogens (primary N) is 1. The average Bonchev–Trinajstić information content (AvgIpc) is 2.58. The first-order valence-electron chi connectivity index (χ1n) is 9.34. The fourth-order valence-electron chi connectivity index (χ4n) is 2.08. The molecule has 1 unspecified atom stereocenters. The second-order valence-corrected chi connectivity index (χ2v) is 8.49. The molecule has 0 aromatic heterocycles. The summed E-state index contributed by atoms with van der Waals surface area (Å²) in [7, 11) is 0. The minimum Gasteiger partial charge on any atom is -0.462 e. The molecule has 0 aliphatic heterocycles. The highest BCUT2D eigenvalue weighted by atomic mass is 32.2. The van der Waals surface area contributed by atoms with Gasteiger partial charge < -0.3 is 15.2 Å². The normalized spacial score (nSPS) is 13.8. The molecule has 7 heteroatoms. The Labute approximate surface area is 161 Å². The van der Waals surface area contributed by atoms with Crippen molar-refractivity contribution in [3.8, 4) is 0 Å². The molecule has 0 aromatic carbocycles. The minimum absolute atomic E-state index is 0.0394. The first-order chi connectivity index (χ1) is 12.1. The molecule has 0 spiro atoms. The van der Waals surface area contributed by atoms with Crippen molar-refractivity contribution in [3.63, 3.8) is 0 Å². The van der Waals surface area contributed by atoms with Crippen LogP contribution in [0.15, 0.2) is 0 Å². The lowest BCUT2D eigenvalue weighted by atomic mass is 9.86. The first kappa shape index (κ1) is 24.9. The first-order valence-corrected chi connectivity index (χ1v) is 10.5. The molecule has 0 rings (SSSR count). The van der Waals surface area contributed by atoms with Crippen molar-refractivity contribution >= 4 is 29.5 Å². The molecule has 0 radical (unpaired) electrons. The predicted octanol–water partition coefficient (Wildman–Crippen LogP) is 3.11. The van der Waals surface area contributed by atoms with E-state index >= 15 is 0 Å². The Kier molecular flexibility index (Phi) is 12.6. The van der Waals surface area contributed by atoms with E-state index in [1.165, 1.54) is 0 Å². The Balaban J connectivity index is 4.37. The lowest BCUT2D eigenvalue weighted by molar-refractivity contribution is -0.157. The van der Waals surface area contributed by atoms with Crippen LogP contribution in [0.1, 0.15) is 66.7 Å². The number of hydrogen-bond donors (Lipinski definition) is 1. The highest BCUT2D eigenvalue weighted by Gasteiger charge is 2.26. The lowest BCUT2D eigenvalue weighted by Crippen LogP contribution is -2.39. The molecular formula is C19H35NO5S. The van der Waals surface area contributed by atoms with Crippen molar-refractivity contribution < 1.29 is 23.9 Å². The van der Waals surface area contributed by atoms with Crippen LogP contribution in [-0.4, -0.2) is 48.0 Å². The van der Waals surface area contributed by atoms with Crippen molar-refractivity contribution in [2.75, 3.05) is 18.1 Å². The van der Waals surface area contributed by atoms with Crippen LogP contribution in [0.2, 0.25) is 0 Å². The van der Waals surface area contributed by atoms with E-state index in [9.17, 15) is 14.4 Å². The van der Waals surface area contributed by atoms with Gasteiger partial charge >= 0.3 is 11.9 Å². The number of ketones is 1. The number of thioether (sulfide) groups is 1. The largest absolute Gasteiger partial charge is 0.462 e. The van der Waals surface area contributed by atoms with Gasteiger partial charge in [0.25, 0.3) is 0 Å². The van der Waals surface area contributed by atoms with Gasteiger partial charge in [-0.25, -0.2) is 0 Å². The Morgan fingerprint density at radius 1 is 1.12 bits per heavy atom. The van der Waals surface area contributed by atoms with Gasteiger partial charge in [-0.3, -0.25) is 14.4 Å². The van der Waals surface area contributed by atoms with E-state index in [4.69, 9.17) is 15.2 Å². The molecule has 0 aromatic rings. The van der Waals surface area contributed by atoms with E-state index in [-0.39, 0.29) is 30.7 Å². The Bertz CT molecular complexity index is 448. The summed E-state index contributed by atoms with van der Waals surface area (Å²) in [5.74, 6) is 0.628. The summed E-state index contributed by atoms with van der Waals surface area (Å²) in [6, 6.07) is -0.494. The zero-order valence-electron chi connectivity index (χ0n) is 16.8. The average molecular weight is 390 g/mol. The number of rotatable bonds is 13. The fraction of sp³-hybridized carbons (Fsp3) is 0.842. The topological polar surface area (TPSA) is 95.7 Å². The van der Waals surface area contributed by atoms with Gasteiger partial charge in [-0.2, -0.15) is 11.8 Å². The highest BCUT2D eigenvalue weighted by molar-refractivity contribution is 7.99. The third-order valence-corrected chi connectivity index (χ3v) is 4.84. The number of carbonyl (C=O) groups is 3. The van der Waals surface area contributed by atoms with Gasteiger partial charge in [-0.15, -0.1) is 0 Å². The summed E-state index contributed by atoms with van der Waals surface area (Å²) in [6.07, 6.45) is 2.43. The van der Waals surface area contributed by atoms with Crippen molar-refractivity contribution in [2.24, 2.45) is 11.1 Å². The number of hydrogen-bond acceptors (Lipinski definition) is 7. The maximum atomic E-state index is 12.1. The molecule has 6 nitrogen and oxygen atoms in total. The number of Topliss-reactive ketones (excluding diaryl/α,β-unsaturated/α-hetero) is 1. The highest BCUT2D eigenvalue weighted by Crippen LogP contribution is 2.19. The van der Waals surface area contributed by atoms with Crippen LogP contribution >= 0.6 is 11.8 Å². The molecule has 0 amide bonds. The Hall–Kier alpha value is -1.08. The molecule has 2 N–H and O–H groups in total. The molecule has 0 aliphatic carbocycles. The van der Waals surface area contributed by atoms with Crippen LogP contribution in [0.4, 0.5) is 0 Å². The third-order valence-electron chi connectivity index (χ3n) is 3.70. The van der Waals surface area contributed by atoms with Crippen LogP contribution in [-0.2, 0) is 23.9 Å². The van der Waals surface area contributed by atoms with E-state index in [1.54, 1.807) is 18.7 Å². The molecule has 26 heavy (non-hydrogen) atoms. The quantitative estimate of drug-likeness (QED) is 0.382. The number of carbonyl (C=O) groups excluding carboxylic acids is 3. The summed E-state index contributed by atoms with van der Waals surface area (Å²) in [5, 5.41) is 0. The summed E-state index contributed by atoms with van der Waals surface area (Å²) in [4.78, 5) is 35.3. The Morgan fingerprint density at radius 3 is 2.31 bits per heavy atom. The van der Waals surface area contributed by atoms with Crippen LogP contribution < -0.4 is 5.73 Å². The van der Waals surface area contributed by atoms with E-state index in [2.05, 4.69) is 0 Å².